The molecule has 1 amide bonds. The number of amides is 1. The van der Waals surface area contributed by atoms with Crippen LogP contribution in [-0.4, -0.2) is 29.9 Å². The third-order valence-electron chi connectivity index (χ3n) is 5.06. The fourth-order valence-electron chi connectivity index (χ4n) is 3.47. The third-order valence-corrected chi connectivity index (χ3v) is 5.06. The Morgan fingerprint density at radius 1 is 1.10 bits per heavy atom. The van der Waals surface area contributed by atoms with E-state index < -0.39 is 0 Å². The van der Waals surface area contributed by atoms with Gasteiger partial charge >= 0.3 is 0 Å². The number of benzene rings is 2. The first-order valence-corrected chi connectivity index (χ1v) is 9.59. The molecule has 0 aliphatic heterocycles. The average Bonchev–Trinajstić information content (AvgIpc) is 2.74. The van der Waals surface area contributed by atoms with E-state index >= 15 is 0 Å². The lowest BCUT2D eigenvalue weighted by molar-refractivity contribution is -0.122. The Hall–Kier alpha value is -3.55. The second kappa shape index (κ2) is 8.86. The summed E-state index contributed by atoms with van der Waals surface area (Å²) >= 11 is 0. The van der Waals surface area contributed by atoms with E-state index in [1.807, 2.05) is 26.0 Å². The Labute approximate surface area is 173 Å². The number of aryl methyl sites for hydroxylation is 2. The van der Waals surface area contributed by atoms with Crippen molar-refractivity contribution in [2.75, 3.05) is 14.2 Å². The topological polar surface area (TPSA) is 102 Å². The number of carbonyl (C=O) groups is 1. The number of carbonyl (C=O) groups excluding carboxylic acids is 1. The van der Waals surface area contributed by atoms with Crippen molar-refractivity contribution in [1.82, 2.24) is 15.1 Å². The van der Waals surface area contributed by atoms with Gasteiger partial charge in [0.15, 0.2) is 11.5 Å². The number of ether oxygens (including phenoxy) is 2. The van der Waals surface area contributed by atoms with Gasteiger partial charge in [-0.2, -0.15) is 0 Å². The van der Waals surface area contributed by atoms with Crippen LogP contribution in [0.15, 0.2) is 46.0 Å². The highest BCUT2D eigenvalue weighted by Gasteiger charge is 2.16. The molecule has 1 atom stereocenters. The first-order chi connectivity index (χ1) is 14.3. The smallest absolute Gasteiger partial charge is 0.273 e. The molecule has 1 unspecified atom stereocenters. The van der Waals surface area contributed by atoms with Crippen LogP contribution in [0.1, 0.15) is 30.5 Å². The molecule has 30 heavy (non-hydrogen) atoms. The van der Waals surface area contributed by atoms with Crippen LogP contribution in [0.2, 0.25) is 0 Å². The van der Waals surface area contributed by atoms with E-state index in [1.54, 1.807) is 38.5 Å². The molecule has 2 aromatic carbocycles. The van der Waals surface area contributed by atoms with Gasteiger partial charge < -0.3 is 14.8 Å². The molecule has 158 valence electrons. The molecule has 8 nitrogen and oxygen atoms in total. The van der Waals surface area contributed by atoms with Crippen molar-refractivity contribution in [3.05, 3.63) is 68.2 Å². The van der Waals surface area contributed by atoms with E-state index in [4.69, 9.17) is 9.47 Å². The van der Waals surface area contributed by atoms with Gasteiger partial charge in [0.25, 0.3) is 11.1 Å². The average molecular weight is 411 g/mol. The molecule has 8 heteroatoms. The Balaban J connectivity index is 1.72. The van der Waals surface area contributed by atoms with E-state index in [0.717, 1.165) is 11.1 Å². The number of aromatic amines is 1. The zero-order valence-corrected chi connectivity index (χ0v) is 17.4. The van der Waals surface area contributed by atoms with Crippen LogP contribution >= 0.6 is 0 Å². The Bertz CT molecular complexity index is 1200. The number of hydrogen-bond donors (Lipinski definition) is 2. The summed E-state index contributed by atoms with van der Waals surface area (Å²) in [6.45, 7) is 3.87. The number of fused-ring (bicyclic) bond motifs is 1. The molecule has 0 aliphatic carbocycles. The van der Waals surface area contributed by atoms with Crippen molar-refractivity contribution in [1.29, 1.82) is 0 Å². The van der Waals surface area contributed by atoms with Crippen molar-refractivity contribution in [2.24, 2.45) is 0 Å². The first kappa shape index (κ1) is 21.2. The number of hydrogen-bond acceptors (Lipinski definition) is 5. The minimum atomic E-state index is -0.361. The van der Waals surface area contributed by atoms with E-state index in [0.29, 0.717) is 22.3 Å². The summed E-state index contributed by atoms with van der Waals surface area (Å²) in [6.07, 6.45) is 0.0465. The molecule has 0 aliphatic rings. The molecule has 3 rings (SSSR count). The van der Waals surface area contributed by atoms with Gasteiger partial charge in [-0.3, -0.25) is 19.5 Å². The van der Waals surface area contributed by atoms with Gasteiger partial charge in [-0.1, -0.05) is 12.1 Å². The maximum Gasteiger partial charge on any atom is 0.273 e. The second-order valence-corrected chi connectivity index (χ2v) is 7.05. The largest absolute Gasteiger partial charge is 0.493 e. The summed E-state index contributed by atoms with van der Waals surface area (Å²) in [4.78, 5) is 37.2. The second-order valence-electron chi connectivity index (χ2n) is 7.05. The van der Waals surface area contributed by atoms with Crippen LogP contribution in [0.3, 0.4) is 0 Å². The van der Waals surface area contributed by atoms with Crippen molar-refractivity contribution >= 4 is 16.7 Å². The summed E-state index contributed by atoms with van der Waals surface area (Å²) in [6, 6.07) is 10.0. The van der Waals surface area contributed by atoms with E-state index in [1.165, 1.54) is 4.68 Å². The normalized spacial score (nSPS) is 11.9. The number of nitrogens with zero attached hydrogens (tertiary/aromatic N) is 1. The van der Waals surface area contributed by atoms with Crippen LogP contribution in [0.25, 0.3) is 10.8 Å². The van der Waals surface area contributed by atoms with Crippen molar-refractivity contribution in [3.8, 4) is 11.5 Å². The number of nitrogens with one attached hydrogen (secondary N) is 2. The van der Waals surface area contributed by atoms with Gasteiger partial charge in [0.05, 0.1) is 37.6 Å². The van der Waals surface area contributed by atoms with Gasteiger partial charge in [0.1, 0.15) is 0 Å². The minimum absolute atomic E-state index is 0.0465. The molecule has 0 saturated heterocycles. The monoisotopic (exact) mass is 411 g/mol. The zero-order chi connectivity index (χ0) is 21.8. The highest BCUT2D eigenvalue weighted by Crippen LogP contribution is 2.32. The van der Waals surface area contributed by atoms with Gasteiger partial charge in [-0.25, -0.2) is 4.68 Å². The van der Waals surface area contributed by atoms with Gasteiger partial charge in [-0.05, 0) is 49.2 Å². The molecule has 0 spiro atoms. The molecule has 0 bridgehead atoms. The highest BCUT2D eigenvalue weighted by molar-refractivity contribution is 5.80. The molecular formula is C22H25N3O5. The SMILES string of the molecule is COc1cc(C)c(C(C)NC(=O)CCn2[nH]c(=O)c3ccccc3c2=O)cc1OC. The number of methoxy groups -OCH3 is 2. The standard InChI is InChI=1S/C22H25N3O5/c1-13-11-18(29-3)19(30-4)12-17(13)14(2)23-20(26)9-10-25-22(28)16-8-6-5-7-15(16)21(27)24-25/h5-8,11-12,14H,9-10H2,1-4H3,(H,23,26)(H,24,27). The predicted molar refractivity (Wildman–Crippen MR) is 114 cm³/mol. The van der Waals surface area contributed by atoms with E-state index in [2.05, 4.69) is 10.4 Å². The fourth-order valence-corrected chi connectivity index (χ4v) is 3.47. The third kappa shape index (κ3) is 4.22. The van der Waals surface area contributed by atoms with Crippen LogP contribution in [-0.2, 0) is 11.3 Å². The fraction of sp³-hybridized carbons (Fsp3) is 0.318. The van der Waals surface area contributed by atoms with Crippen LogP contribution in [0.4, 0.5) is 0 Å². The van der Waals surface area contributed by atoms with E-state index in [9.17, 15) is 14.4 Å². The van der Waals surface area contributed by atoms with Crippen molar-refractivity contribution in [3.63, 3.8) is 0 Å². The Morgan fingerprint density at radius 2 is 1.73 bits per heavy atom. The predicted octanol–water partition coefficient (Wildman–Crippen LogP) is 2.28. The lowest BCUT2D eigenvalue weighted by Crippen LogP contribution is -2.33. The minimum Gasteiger partial charge on any atom is -0.493 e. The van der Waals surface area contributed by atoms with Crippen molar-refractivity contribution in [2.45, 2.75) is 32.9 Å². The van der Waals surface area contributed by atoms with Gasteiger partial charge in [0.2, 0.25) is 5.91 Å². The van der Waals surface area contributed by atoms with Crippen molar-refractivity contribution < 1.29 is 14.3 Å². The zero-order valence-electron chi connectivity index (χ0n) is 17.4. The number of H-pyrrole nitrogens is 1. The number of aromatic nitrogens is 2. The van der Waals surface area contributed by atoms with Crippen LogP contribution in [0.5, 0.6) is 11.5 Å². The number of rotatable bonds is 7. The summed E-state index contributed by atoms with van der Waals surface area (Å²) < 4.78 is 11.8. The summed E-state index contributed by atoms with van der Waals surface area (Å²) in [5.41, 5.74) is 1.16. The Morgan fingerprint density at radius 3 is 2.40 bits per heavy atom. The van der Waals surface area contributed by atoms with Crippen LogP contribution in [0, 0.1) is 6.92 Å². The molecule has 3 aromatic rings. The van der Waals surface area contributed by atoms with E-state index in [-0.39, 0.29) is 36.0 Å². The lowest BCUT2D eigenvalue weighted by atomic mass is 10.0. The van der Waals surface area contributed by atoms with Crippen LogP contribution < -0.4 is 25.9 Å². The molecule has 0 saturated carbocycles. The highest BCUT2D eigenvalue weighted by atomic mass is 16.5. The van der Waals surface area contributed by atoms with Gasteiger partial charge in [-0.15, -0.1) is 0 Å². The maximum absolute atomic E-state index is 12.5. The quantitative estimate of drug-likeness (QED) is 0.621. The summed E-state index contributed by atoms with van der Waals surface area (Å²) in [5, 5.41) is 6.12. The summed E-state index contributed by atoms with van der Waals surface area (Å²) in [5.74, 6) is 0.967. The Kier molecular flexibility index (Phi) is 6.25. The molecule has 0 radical (unpaired) electrons. The molecule has 0 fully saturated rings. The molecule has 2 N–H and O–H groups in total. The van der Waals surface area contributed by atoms with Gasteiger partial charge in [0, 0.05) is 6.42 Å². The molecule has 1 aromatic heterocycles. The first-order valence-electron chi connectivity index (χ1n) is 9.59. The lowest BCUT2D eigenvalue weighted by Gasteiger charge is -2.19. The molecular weight excluding hydrogens is 386 g/mol. The summed E-state index contributed by atoms with van der Waals surface area (Å²) in [7, 11) is 3.13. The molecule has 1 heterocycles. The maximum atomic E-state index is 12.5.